The third kappa shape index (κ3) is 3.92. The number of nitrogens with one attached hydrogen (secondary N) is 1. The number of para-hydroxylation sites is 1. The molecule has 2 aliphatic rings. The molecule has 1 aromatic carbocycles. The van der Waals surface area contributed by atoms with E-state index in [4.69, 9.17) is 30.1 Å². The third-order valence-corrected chi connectivity index (χ3v) is 7.20. The van der Waals surface area contributed by atoms with E-state index in [-0.39, 0.29) is 6.61 Å². The number of hydrogen-bond acceptors (Lipinski definition) is 9. The van der Waals surface area contributed by atoms with E-state index in [1.165, 1.54) is 0 Å². The Balaban J connectivity index is 1.60. The Morgan fingerprint density at radius 2 is 2.06 bits per heavy atom. The number of halogens is 3. The summed E-state index contributed by atoms with van der Waals surface area (Å²) in [6, 6.07) is 6.69. The van der Waals surface area contributed by atoms with Crippen LogP contribution >= 0.6 is 6.72 Å². The van der Waals surface area contributed by atoms with Crippen molar-refractivity contribution >= 4 is 18.5 Å². The number of benzene rings is 1. The molecule has 10 nitrogen and oxygen atoms in total. The molecular weight excluding hydrogens is 480 g/mol. The molecule has 2 aromatic rings. The Bertz CT molecular complexity index is 1190. The fraction of sp³-hybridized carbons (Fsp3) is 0.412. The van der Waals surface area contributed by atoms with Crippen LogP contribution in [0.15, 0.2) is 40.1 Å². The molecule has 15 heteroatoms. The second kappa shape index (κ2) is 8.37. The van der Waals surface area contributed by atoms with E-state index in [0.29, 0.717) is 22.1 Å². The predicted octanol–water partition coefficient (Wildman–Crippen LogP) is 0.780. The number of aliphatic hydroxyl groups is 2. The van der Waals surface area contributed by atoms with Gasteiger partial charge in [0.25, 0.3) is 12.0 Å². The van der Waals surface area contributed by atoms with E-state index in [0.717, 1.165) is 0 Å². The number of rotatable bonds is 5. The number of aromatic nitrogens is 2. The average molecular weight is 496 g/mol. The molecule has 174 valence electrons. The van der Waals surface area contributed by atoms with Crippen molar-refractivity contribution in [3.8, 4) is 5.75 Å². The standard InChI is InChI=1S/C17H16F3N2O8PS/c18-9-5-22(16(26)21-13(9)25)14-11(23)12(24)17(29-14,15(19)20)7-28-31(32)27-6-8-3-1-2-4-10(8)30-31/h1-5,11-12,14-15,23-24H,6-7H2,(H,21,25,26)/t11-,12-,14+,17+,31?/m0/s1. The SMILES string of the molecule is O=c1[nH]c(=O)n([C@@H]2O[C@@](COP3(=S)OCc4ccccc4O3)(C(F)F)[C@@H](O)[C@@H]2O)cc1F. The number of nitrogens with zero attached hydrogens (tertiary/aromatic N) is 1. The normalized spacial score (nSPS) is 32.0. The summed E-state index contributed by atoms with van der Waals surface area (Å²) in [4.78, 5) is 24.8. The lowest BCUT2D eigenvalue weighted by Crippen LogP contribution is -2.52. The van der Waals surface area contributed by atoms with Gasteiger partial charge in [-0.3, -0.25) is 23.4 Å². The van der Waals surface area contributed by atoms with Crippen LogP contribution < -0.4 is 15.8 Å². The summed E-state index contributed by atoms with van der Waals surface area (Å²) in [6.07, 6.45) is -9.43. The Hall–Kier alpha value is -2.06. The van der Waals surface area contributed by atoms with E-state index >= 15 is 0 Å². The first-order chi connectivity index (χ1) is 15.1. The Morgan fingerprint density at radius 1 is 1.34 bits per heavy atom. The van der Waals surface area contributed by atoms with Crippen molar-refractivity contribution in [1.29, 1.82) is 0 Å². The summed E-state index contributed by atoms with van der Waals surface area (Å²) in [5.74, 6) is -1.09. The molecule has 1 fully saturated rings. The van der Waals surface area contributed by atoms with Crippen molar-refractivity contribution in [3.05, 3.63) is 62.7 Å². The van der Waals surface area contributed by atoms with Gasteiger partial charge in [-0.25, -0.2) is 13.6 Å². The first-order valence-corrected chi connectivity index (χ1v) is 11.6. The Labute approximate surface area is 182 Å². The van der Waals surface area contributed by atoms with Crippen molar-refractivity contribution in [2.24, 2.45) is 0 Å². The van der Waals surface area contributed by atoms with Gasteiger partial charge in [-0.2, -0.15) is 4.39 Å². The van der Waals surface area contributed by atoms with Gasteiger partial charge in [0.05, 0.1) is 19.4 Å². The molecule has 2 aliphatic heterocycles. The summed E-state index contributed by atoms with van der Waals surface area (Å²) >= 11 is 5.20. The van der Waals surface area contributed by atoms with Gasteiger partial charge < -0.3 is 19.5 Å². The summed E-state index contributed by atoms with van der Waals surface area (Å²) in [5, 5.41) is 20.7. The molecule has 1 saturated heterocycles. The summed E-state index contributed by atoms with van der Waals surface area (Å²) in [7, 11) is 0. The van der Waals surface area contributed by atoms with Gasteiger partial charge >= 0.3 is 12.4 Å². The van der Waals surface area contributed by atoms with Crippen LogP contribution in [0.5, 0.6) is 5.75 Å². The lowest BCUT2D eigenvalue weighted by Gasteiger charge is -2.34. The molecule has 1 unspecified atom stereocenters. The second-order valence-corrected chi connectivity index (χ2v) is 9.97. The molecule has 0 aliphatic carbocycles. The van der Waals surface area contributed by atoms with Crippen molar-refractivity contribution in [1.82, 2.24) is 9.55 Å². The van der Waals surface area contributed by atoms with Gasteiger partial charge in [0.15, 0.2) is 11.8 Å². The maximum absolute atomic E-state index is 14.1. The zero-order chi connectivity index (χ0) is 23.3. The van der Waals surface area contributed by atoms with Crippen LogP contribution in [0.3, 0.4) is 0 Å². The maximum Gasteiger partial charge on any atom is 0.381 e. The third-order valence-electron chi connectivity index (χ3n) is 5.03. The van der Waals surface area contributed by atoms with Gasteiger partial charge in [-0.15, -0.1) is 0 Å². The van der Waals surface area contributed by atoms with Crippen molar-refractivity contribution in [2.75, 3.05) is 6.61 Å². The molecule has 3 N–H and O–H groups in total. The second-order valence-electron chi connectivity index (χ2n) is 7.04. The molecule has 0 amide bonds. The first-order valence-electron chi connectivity index (χ1n) is 9.06. The summed E-state index contributed by atoms with van der Waals surface area (Å²) < 4.78 is 63.5. The van der Waals surface area contributed by atoms with Crippen LogP contribution in [0, 0.1) is 5.82 Å². The van der Waals surface area contributed by atoms with Gasteiger partial charge in [0.1, 0.15) is 18.0 Å². The fourth-order valence-corrected chi connectivity index (χ4v) is 5.11. The quantitative estimate of drug-likeness (QED) is 0.514. The fourth-order valence-electron chi connectivity index (χ4n) is 3.29. The lowest BCUT2D eigenvalue weighted by molar-refractivity contribution is -0.193. The minimum atomic E-state index is -3.59. The molecule has 0 saturated carbocycles. The topological polar surface area (TPSA) is 132 Å². The van der Waals surface area contributed by atoms with Crippen LogP contribution in [-0.4, -0.2) is 50.6 Å². The van der Waals surface area contributed by atoms with Crippen molar-refractivity contribution in [2.45, 2.75) is 37.1 Å². The number of aromatic amines is 1. The minimum Gasteiger partial charge on any atom is -0.424 e. The van der Waals surface area contributed by atoms with E-state index in [1.54, 1.807) is 29.2 Å². The largest absolute Gasteiger partial charge is 0.424 e. The highest BCUT2D eigenvalue weighted by molar-refractivity contribution is 8.07. The molecule has 0 radical (unpaired) electrons. The molecule has 0 bridgehead atoms. The summed E-state index contributed by atoms with van der Waals surface area (Å²) in [6.45, 7) is -4.68. The van der Waals surface area contributed by atoms with Gasteiger partial charge in [0.2, 0.25) is 5.82 Å². The number of H-pyrrole nitrogens is 1. The van der Waals surface area contributed by atoms with Crippen LogP contribution in [-0.2, 0) is 32.2 Å². The highest BCUT2D eigenvalue weighted by atomic mass is 32.5. The number of hydrogen-bond donors (Lipinski definition) is 3. The molecule has 0 spiro atoms. The van der Waals surface area contributed by atoms with E-state index in [2.05, 4.69) is 0 Å². The van der Waals surface area contributed by atoms with Crippen LogP contribution in [0.1, 0.15) is 11.8 Å². The number of alkyl halides is 2. The highest BCUT2D eigenvalue weighted by Crippen LogP contribution is 2.56. The zero-order valence-corrected chi connectivity index (χ0v) is 17.6. The number of ether oxygens (including phenoxy) is 1. The van der Waals surface area contributed by atoms with Gasteiger partial charge in [-0.05, 0) is 6.07 Å². The first kappa shape index (κ1) is 23.1. The highest BCUT2D eigenvalue weighted by Gasteiger charge is 2.61. The minimum absolute atomic E-state index is 0.00413. The van der Waals surface area contributed by atoms with Crippen LogP contribution in [0.2, 0.25) is 0 Å². The monoisotopic (exact) mass is 496 g/mol. The van der Waals surface area contributed by atoms with Crippen LogP contribution in [0.25, 0.3) is 0 Å². The van der Waals surface area contributed by atoms with Crippen molar-refractivity contribution < 1.29 is 41.7 Å². The average Bonchev–Trinajstić information content (AvgIpc) is 3.01. The van der Waals surface area contributed by atoms with Crippen LogP contribution in [0.4, 0.5) is 13.2 Å². The van der Waals surface area contributed by atoms with E-state index < -0.39 is 60.9 Å². The summed E-state index contributed by atoms with van der Waals surface area (Å²) in [5.41, 5.74) is -4.81. The maximum atomic E-state index is 14.1. The van der Waals surface area contributed by atoms with Gasteiger partial charge in [-0.1, -0.05) is 18.2 Å². The van der Waals surface area contributed by atoms with Gasteiger partial charge in [0, 0.05) is 17.4 Å². The molecule has 4 rings (SSSR count). The number of fused-ring (bicyclic) bond motifs is 1. The van der Waals surface area contributed by atoms with E-state index in [1.807, 2.05) is 0 Å². The smallest absolute Gasteiger partial charge is 0.381 e. The molecule has 32 heavy (non-hydrogen) atoms. The number of aliphatic hydroxyl groups excluding tert-OH is 2. The van der Waals surface area contributed by atoms with E-state index in [9.17, 15) is 33.0 Å². The Morgan fingerprint density at radius 3 is 2.78 bits per heavy atom. The molecule has 1 aromatic heterocycles. The molecular formula is C17H16F3N2O8PS. The zero-order valence-electron chi connectivity index (χ0n) is 15.9. The van der Waals surface area contributed by atoms with Crippen molar-refractivity contribution in [3.63, 3.8) is 0 Å². The lowest BCUT2D eigenvalue weighted by atomic mass is 9.96. The molecule has 3 heterocycles. The predicted molar refractivity (Wildman–Crippen MR) is 104 cm³/mol. The molecule has 5 atom stereocenters. The Kier molecular flexibility index (Phi) is 6.05.